The number of hydrogen-bond acceptors (Lipinski definition) is 3. The molecule has 4 heteroatoms. The van der Waals surface area contributed by atoms with Gasteiger partial charge in [0.15, 0.2) is 5.78 Å². The SMILES string of the molecule is O=C1NCCCc2ccc(C(=O)C3CCCOC3)cc21. The Bertz CT molecular complexity index is 533. The minimum absolute atomic E-state index is 0.0596. The number of benzene rings is 1. The maximum atomic E-state index is 12.5. The molecule has 106 valence electrons. The Balaban J connectivity index is 1.87. The fourth-order valence-electron chi connectivity index (χ4n) is 2.92. The molecule has 0 aromatic heterocycles. The number of ketones is 1. The van der Waals surface area contributed by atoms with Gasteiger partial charge in [-0.2, -0.15) is 0 Å². The van der Waals surface area contributed by atoms with Crippen molar-refractivity contribution in [2.75, 3.05) is 19.8 Å². The highest BCUT2D eigenvalue weighted by molar-refractivity contribution is 6.02. The van der Waals surface area contributed by atoms with E-state index in [4.69, 9.17) is 4.74 Å². The van der Waals surface area contributed by atoms with Crippen molar-refractivity contribution in [2.24, 2.45) is 5.92 Å². The molecule has 1 atom stereocenters. The molecule has 1 unspecified atom stereocenters. The fraction of sp³-hybridized carbons (Fsp3) is 0.500. The van der Waals surface area contributed by atoms with Crippen molar-refractivity contribution in [3.8, 4) is 0 Å². The number of hydrogen-bond donors (Lipinski definition) is 1. The van der Waals surface area contributed by atoms with Crippen LogP contribution in [-0.4, -0.2) is 31.4 Å². The van der Waals surface area contributed by atoms with Crippen LogP contribution in [0.4, 0.5) is 0 Å². The highest BCUT2D eigenvalue weighted by Crippen LogP contribution is 2.22. The van der Waals surface area contributed by atoms with Gasteiger partial charge >= 0.3 is 0 Å². The number of Topliss-reactive ketones (excluding diaryl/α,β-unsaturated/α-hetero) is 1. The van der Waals surface area contributed by atoms with Crippen molar-refractivity contribution in [3.05, 3.63) is 34.9 Å². The summed E-state index contributed by atoms with van der Waals surface area (Å²) < 4.78 is 5.38. The highest BCUT2D eigenvalue weighted by Gasteiger charge is 2.24. The standard InChI is InChI=1S/C16H19NO3/c18-15(13-4-2-8-20-10-13)12-6-5-11-3-1-7-17-16(19)14(11)9-12/h5-6,9,13H,1-4,7-8,10H2,(H,17,19). The summed E-state index contributed by atoms with van der Waals surface area (Å²) in [7, 11) is 0. The highest BCUT2D eigenvalue weighted by atomic mass is 16.5. The molecule has 4 nitrogen and oxygen atoms in total. The maximum absolute atomic E-state index is 12.5. The van der Waals surface area contributed by atoms with E-state index in [9.17, 15) is 9.59 Å². The van der Waals surface area contributed by atoms with Gasteiger partial charge in [0.1, 0.15) is 0 Å². The van der Waals surface area contributed by atoms with Crippen LogP contribution in [0.1, 0.15) is 45.5 Å². The molecule has 20 heavy (non-hydrogen) atoms. The first-order valence-corrected chi connectivity index (χ1v) is 7.29. The van der Waals surface area contributed by atoms with E-state index < -0.39 is 0 Å². The molecule has 1 fully saturated rings. The van der Waals surface area contributed by atoms with E-state index in [0.29, 0.717) is 24.3 Å². The quantitative estimate of drug-likeness (QED) is 0.838. The van der Waals surface area contributed by atoms with Crippen molar-refractivity contribution >= 4 is 11.7 Å². The molecule has 2 aliphatic heterocycles. The van der Waals surface area contributed by atoms with Gasteiger partial charge in [0, 0.05) is 30.2 Å². The predicted molar refractivity (Wildman–Crippen MR) is 75.0 cm³/mol. The lowest BCUT2D eigenvalue weighted by molar-refractivity contribution is 0.0461. The minimum Gasteiger partial charge on any atom is -0.381 e. The molecule has 3 rings (SSSR count). The summed E-state index contributed by atoms with van der Waals surface area (Å²) in [6, 6.07) is 5.54. The number of fused-ring (bicyclic) bond motifs is 1. The molecule has 0 bridgehead atoms. The molecule has 1 N–H and O–H groups in total. The van der Waals surface area contributed by atoms with E-state index in [1.807, 2.05) is 12.1 Å². The summed E-state index contributed by atoms with van der Waals surface area (Å²) in [5.74, 6) is -0.0211. The zero-order valence-electron chi connectivity index (χ0n) is 11.5. The van der Waals surface area contributed by atoms with E-state index >= 15 is 0 Å². The number of nitrogens with one attached hydrogen (secondary N) is 1. The second kappa shape index (κ2) is 5.75. The topological polar surface area (TPSA) is 55.4 Å². The van der Waals surface area contributed by atoms with Gasteiger partial charge in [0.2, 0.25) is 0 Å². The van der Waals surface area contributed by atoms with Crippen LogP contribution in [0.2, 0.25) is 0 Å². The summed E-state index contributed by atoms with van der Waals surface area (Å²) in [5, 5.41) is 2.87. The number of rotatable bonds is 2. The van der Waals surface area contributed by atoms with Gasteiger partial charge in [-0.15, -0.1) is 0 Å². The van der Waals surface area contributed by atoms with Crippen molar-refractivity contribution in [3.63, 3.8) is 0 Å². The Labute approximate surface area is 118 Å². The van der Waals surface area contributed by atoms with Gasteiger partial charge in [-0.1, -0.05) is 12.1 Å². The number of carbonyl (C=O) groups is 2. The number of carbonyl (C=O) groups excluding carboxylic acids is 2. The average molecular weight is 273 g/mol. The summed E-state index contributed by atoms with van der Waals surface area (Å²) >= 11 is 0. The summed E-state index contributed by atoms with van der Waals surface area (Å²) in [6.07, 6.45) is 3.64. The lowest BCUT2D eigenvalue weighted by Crippen LogP contribution is -2.26. The molecule has 2 aliphatic rings. The van der Waals surface area contributed by atoms with Crippen LogP contribution in [0.5, 0.6) is 0 Å². The molecular formula is C16H19NO3. The fourth-order valence-corrected chi connectivity index (χ4v) is 2.92. The van der Waals surface area contributed by atoms with Gasteiger partial charge < -0.3 is 10.1 Å². The summed E-state index contributed by atoms with van der Waals surface area (Å²) in [4.78, 5) is 24.5. The number of ether oxygens (including phenoxy) is 1. The van der Waals surface area contributed by atoms with Crippen LogP contribution < -0.4 is 5.32 Å². The Hall–Kier alpha value is -1.68. The van der Waals surface area contributed by atoms with Crippen LogP contribution in [0, 0.1) is 5.92 Å². The molecular weight excluding hydrogens is 254 g/mol. The zero-order chi connectivity index (χ0) is 13.9. The lowest BCUT2D eigenvalue weighted by Gasteiger charge is -2.21. The molecule has 0 spiro atoms. The predicted octanol–water partition coefficient (Wildman–Crippen LogP) is 1.97. The van der Waals surface area contributed by atoms with Gasteiger partial charge in [0.05, 0.1) is 6.61 Å². The van der Waals surface area contributed by atoms with Crippen molar-refractivity contribution in [1.82, 2.24) is 5.32 Å². The van der Waals surface area contributed by atoms with E-state index in [1.54, 1.807) is 6.07 Å². The molecule has 1 aromatic rings. The normalized spacial score (nSPS) is 22.6. The Kier molecular flexibility index (Phi) is 3.83. The van der Waals surface area contributed by atoms with Gasteiger partial charge in [-0.25, -0.2) is 0 Å². The molecule has 1 saturated heterocycles. The Morgan fingerprint density at radius 3 is 3.00 bits per heavy atom. The molecule has 0 saturated carbocycles. The number of aryl methyl sites for hydroxylation is 1. The van der Waals surface area contributed by atoms with Gasteiger partial charge in [-0.3, -0.25) is 9.59 Å². The first-order chi connectivity index (χ1) is 9.75. The molecule has 0 radical (unpaired) electrons. The third-order valence-corrected chi connectivity index (χ3v) is 4.08. The second-order valence-electron chi connectivity index (χ2n) is 5.51. The molecule has 1 amide bonds. The average Bonchev–Trinajstić information content (AvgIpc) is 2.69. The van der Waals surface area contributed by atoms with Gasteiger partial charge in [0.25, 0.3) is 5.91 Å². The first-order valence-electron chi connectivity index (χ1n) is 7.29. The van der Waals surface area contributed by atoms with Crippen molar-refractivity contribution < 1.29 is 14.3 Å². The zero-order valence-corrected chi connectivity index (χ0v) is 11.5. The number of amides is 1. The third-order valence-electron chi connectivity index (χ3n) is 4.08. The molecule has 0 aliphatic carbocycles. The smallest absolute Gasteiger partial charge is 0.251 e. The Morgan fingerprint density at radius 2 is 2.20 bits per heavy atom. The third kappa shape index (κ3) is 2.61. The van der Waals surface area contributed by atoms with Crippen LogP contribution in [0.25, 0.3) is 0 Å². The van der Waals surface area contributed by atoms with E-state index in [-0.39, 0.29) is 17.6 Å². The van der Waals surface area contributed by atoms with Crippen LogP contribution >= 0.6 is 0 Å². The largest absolute Gasteiger partial charge is 0.381 e. The minimum atomic E-state index is -0.0629. The summed E-state index contributed by atoms with van der Waals surface area (Å²) in [6.45, 7) is 1.95. The molecule has 2 heterocycles. The van der Waals surface area contributed by atoms with Crippen LogP contribution in [-0.2, 0) is 11.2 Å². The first kappa shape index (κ1) is 13.3. The van der Waals surface area contributed by atoms with Crippen LogP contribution in [0.15, 0.2) is 18.2 Å². The second-order valence-corrected chi connectivity index (χ2v) is 5.51. The van der Waals surface area contributed by atoms with E-state index in [1.165, 1.54) is 0 Å². The van der Waals surface area contributed by atoms with Crippen LogP contribution in [0.3, 0.4) is 0 Å². The Morgan fingerprint density at radius 1 is 1.30 bits per heavy atom. The van der Waals surface area contributed by atoms with Crippen molar-refractivity contribution in [1.29, 1.82) is 0 Å². The lowest BCUT2D eigenvalue weighted by atomic mass is 9.90. The summed E-state index contributed by atoms with van der Waals surface area (Å²) in [5.41, 5.74) is 2.33. The van der Waals surface area contributed by atoms with E-state index in [0.717, 1.165) is 37.9 Å². The van der Waals surface area contributed by atoms with E-state index in [2.05, 4.69) is 5.32 Å². The van der Waals surface area contributed by atoms with Gasteiger partial charge in [-0.05, 0) is 37.3 Å². The van der Waals surface area contributed by atoms with Crippen molar-refractivity contribution in [2.45, 2.75) is 25.7 Å². The molecule has 1 aromatic carbocycles. The monoisotopic (exact) mass is 273 g/mol. The maximum Gasteiger partial charge on any atom is 0.251 e.